The summed E-state index contributed by atoms with van der Waals surface area (Å²) in [7, 11) is 0. The van der Waals surface area contributed by atoms with Crippen molar-refractivity contribution in [3.63, 3.8) is 0 Å². The van der Waals surface area contributed by atoms with Gasteiger partial charge in [-0.1, -0.05) is 26.3 Å². The zero-order valence-corrected chi connectivity index (χ0v) is 9.10. The lowest BCUT2D eigenvalue weighted by atomic mass is 9.87. The highest BCUT2D eigenvalue weighted by Crippen LogP contribution is 2.36. The lowest BCUT2D eigenvalue weighted by Gasteiger charge is -2.27. The van der Waals surface area contributed by atoms with E-state index in [0.29, 0.717) is 5.41 Å². The van der Waals surface area contributed by atoms with E-state index in [0.717, 1.165) is 19.0 Å². The van der Waals surface area contributed by atoms with E-state index in [1.165, 1.54) is 25.7 Å². The SMILES string of the molecule is C=CCCCNC1CCCC1(C)C. The lowest BCUT2D eigenvalue weighted by molar-refractivity contribution is 0.284. The van der Waals surface area contributed by atoms with Gasteiger partial charge in [-0.3, -0.25) is 0 Å². The van der Waals surface area contributed by atoms with Crippen LogP contribution in [0.4, 0.5) is 0 Å². The normalized spacial score (nSPS) is 26.2. The van der Waals surface area contributed by atoms with Crippen LogP contribution in [0.1, 0.15) is 46.0 Å². The van der Waals surface area contributed by atoms with Crippen molar-refractivity contribution in [2.24, 2.45) is 5.41 Å². The molecule has 1 atom stereocenters. The molecule has 0 saturated heterocycles. The van der Waals surface area contributed by atoms with Gasteiger partial charge in [0.2, 0.25) is 0 Å². The third-order valence-corrected chi connectivity index (χ3v) is 3.23. The topological polar surface area (TPSA) is 12.0 Å². The van der Waals surface area contributed by atoms with Crippen molar-refractivity contribution < 1.29 is 0 Å². The van der Waals surface area contributed by atoms with Crippen LogP contribution in [0.5, 0.6) is 0 Å². The van der Waals surface area contributed by atoms with Crippen molar-refractivity contribution in [1.82, 2.24) is 5.32 Å². The maximum Gasteiger partial charge on any atom is 0.0118 e. The largest absolute Gasteiger partial charge is 0.313 e. The van der Waals surface area contributed by atoms with Gasteiger partial charge in [0, 0.05) is 6.04 Å². The van der Waals surface area contributed by atoms with Crippen LogP contribution in [-0.4, -0.2) is 12.6 Å². The molecule has 1 heteroatoms. The minimum atomic E-state index is 0.522. The molecule has 1 rings (SSSR count). The summed E-state index contributed by atoms with van der Waals surface area (Å²) in [5.41, 5.74) is 0.522. The summed E-state index contributed by atoms with van der Waals surface area (Å²) in [6.07, 6.45) is 8.51. The third kappa shape index (κ3) is 3.15. The average molecular weight is 181 g/mol. The average Bonchev–Trinajstić information content (AvgIpc) is 2.40. The monoisotopic (exact) mass is 181 g/mol. The van der Waals surface area contributed by atoms with Gasteiger partial charge in [-0.05, 0) is 37.6 Å². The molecule has 0 heterocycles. The Morgan fingerprint density at radius 2 is 2.31 bits per heavy atom. The molecule has 0 amide bonds. The molecule has 1 nitrogen and oxygen atoms in total. The number of allylic oxidation sites excluding steroid dienone is 1. The Hall–Kier alpha value is -0.300. The van der Waals surface area contributed by atoms with Crippen LogP contribution in [0.3, 0.4) is 0 Å². The second-order valence-electron chi connectivity index (χ2n) is 4.82. The van der Waals surface area contributed by atoms with Gasteiger partial charge in [0.05, 0.1) is 0 Å². The van der Waals surface area contributed by atoms with Crippen molar-refractivity contribution in [2.45, 2.75) is 52.0 Å². The smallest absolute Gasteiger partial charge is 0.0118 e. The van der Waals surface area contributed by atoms with Crippen molar-refractivity contribution in [3.05, 3.63) is 12.7 Å². The predicted octanol–water partition coefficient (Wildman–Crippen LogP) is 3.12. The number of hydrogen-bond donors (Lipinski definition) is 1. The van der Waals surface area contributed by atoms with Crippen LogP contribution in [-0.2, 0) is 0 Å². The molecule has 1 unspecified atom stereocenters. The molecule has 1 fully saturated rings. The molecule has 1 saturated carbocycles. The molecular weight excluding hydrogens is 158 g/mol. The molecule has 13 heavy (non-hydrogen) atoms. The van der Waals surface area contributed by atoms with E-state index in [9.17, 15) is 0 Å². The summed E-state index contributed by atoms with van der Waals surface area (Å²) in [5, 5.41) is 3.66. The highest BCUT2D eigenvalue weighted by Gasteiger charge is 2.33. The molecule has 0 radical (unpaired) electrons. The highest BCUT2D eigenvalue weighted by molar-refractivity contribution is 4.90. The second kappa shape index (κ2) is 4.80. The van der Waals surface area contributed by atoms with E-state index < -0.39 is 0 Å². The molecule has 1 N–H and O–H groups in total. The Bertz CT molecular complexity index is 161. The zero-order valence-electron chi connectivity index (χ0n) is 9.10. The Balaban J connectivity index is 2.17. The Morgan fingerprint density at radius 1 is 1.54 bits per heavy atom. The Morgan fingerprint density at radius 3 is 2.85 bits per heavy atom. The third-order valence-electron chi connectivity index (χ3n) is 3.23. The molecule has 1 aliphatic rings. The summed E-state index contributed by atoms with van der Waals surface area (Å²) >= 11 is 0. The van der Waals surface area contributed by atoms with Crippen molar-refractivity contribution in [2.75, 3.05) is 6.54 Å². The lowest BCUT2D eigenvalue weighted by Crippen LogP contribution is -2.38. The molecule has 0 aromatic heterocycles. The molecule has 1 aliphatic carbocycles. The zero-order chi connectivity index (χ0) is 9.73. The van der Waals surface area contributed by atoms with Gasteiger partial charge < -0.3 is 5.32 Å². The van der Waals surface area contributed by atoms with Gasteiger partial charge in [-0.2, -0.15) is 0 Å². The molecule has 0 aliphatic heterocycles. The Labute approximate surface area is 82.6 Å². The van der Waals surface area contributed by atoms with Gasteiger partial charge in [-0.25, -0.2) is 0 Å². The fraction of sp³-hybridized carbons (Fsp3) is 0.833. The summed E-state index contributed by atoms with van der Waals surface area (Å²) < 4.78 is 0. The minimum absolute atomic E-state index is 0.522. The standard InChI is InChI=1S/C12H23N/c1-4-5-6-10-13-11-8-7-9-12(11,2)3/h4,11,13H,1,5-10H2,2-3H3. The molecule has 0 aromatic rings. The minimum Gasteiger partial charge on any atom is -0.313 e. The van der Waals surface area contributed by atoms with E-state index in [1.807, 2.05) is 6.08 Å². The maximum atomic E-state index is 3.73. The van der Waals surface area contributed by atoms with Gasteiger partial charge in [-0.15, -0.1) is 6.58 Å². The molecule has 0 bridgehead atoms. The summed E-state index contributed by atoms with van der Waals surface area (Å²) in [4.78, 5) is 0. The van der Waals surface area contributed by atoms with Crippen molar-refractivity contribution >= 4 is 0 Å². The summed E-state index contributed by atoms with van der Waals surface area (Å²) in [6, 6.07) is 0.748. The van der Waals surface area contributed by atoms with Crippen LogP contribution < -0.4 is 5.32 Å². The van der Waals surface area contributed by atoms with E-state index in [4.69, 9.17) is 0 Å². The van der Waals surface area contributed by atoms with Gasteiger partial charge in [0.15, 0.2) is 0 Å². The first-order valence-electron chi connectivity index (χ1n) is 5.51. The number of unbranched alkanes of at least 4 members (excludes halogenated alkanes) is 1. The van der Waals surface area contributed by atoms with E-state index in [2.05, 4.69) is 25.7 Å². The molecule has 76 valence electrons. The van der Waals surface area contributed by atoms with Crippen LogP contribution in [0.15, 0.2) is 12.7 Å². The first-order valence-corrected chi connectivity index (χ1v) is 5.51. The second-order valence-corrected chi connectivity index (χ2v) is 4.82. The van der Waals surface area contributed by atoms with Crippen LogP contribution in [0, 0.1) is 5.41 Å². The first kappa shape index (κ1) is 10.8. The molecule has 0 spiro atoms. The van der Waals surface area contributed by atoms with E-state index in [-0.39, 0.29) is 0 Å². The van der Waals surface area contributed by atoms with Gasteiger partial charge in [0.25, 0.3) is 0 Å². The van der Waals surface area contributed by atoms with Crippen LogP contribution in [0.25, 0.3) is 0 Å². The quantitative estimate of drug-likeness (QED) is 0.507. The Kier molecular flexibility index (Phi) is 3.98. The number of nitrogens with one attached hydrogen (secondary N) is 1. The first-order chi connectivity index (χ1) is 6.17. The fourth-order valence-electron chi connectivity index (χ4n) is 2.23. The van der Waals surface area contributed by atoms with Gasteiger partial charge in [0.1, 0.15) is 0 Å². The molecule has 0 aromatic carbocycles. The van der Waals surface area contributed by atoms with Crippen LogP contribution in [0.2, 0.25) is 0 Å². The predicted molar refractivity (Wildman–Crippen MR) is 58.9 cm³/mol. The van der Waals surface area contributed by atoms with Crippen molar-refractivity contribution in [3.8, 4) is 0 Å². The van der Waals surface area contributed by atoms with Crippen LogP contribution >= 0.6 is 0 Å². The highest BCUT2D eigenvalue weighted by atomic mass is 14.9. The number of rotatable bonds is 5. The van der Waals surface area contributed by atoms with E-state index >= 15 is 0 Å². The van der Waals surface area contributed by atoms with Gasteiger partial charge >= 0.3 is 0 Å². The van der Waals surface area contributed by atoms with Crippen molar-refractivity contribution in [1.29, 1.82) is 0 Å². The maximum absolute atomic E-state index is 3.73. The fourth-order valence-corrected chi connectivity index (χ4v) is 2.23. The molecular formula is C12H23N. The van der Waals surface area contributed by atoms with E-state index in [1.54, 1.807) is 0 Å². The number of hydrogen-bond acceptors (Lipinski definition) is 1. The summed E-state index contributed by atoms with van der Waals surface area (Å²) in [5.74, 6) is 0. The summed E-state index contributed by atoms with van der Waals surface area (Å²) in [6.45, 7) is 9.64.